The summed E-state index contributed by atoms with van der Waals surface area (Å²) >= 11 is 0. The van der Waals surface area contributed by atoms with E-state index in [-0.39, 0.29) is 0 Å². The first-order valence-corrected chi connectivity index (χ1v) is 5.58. The van der Waals surface area contributed by atoms with Gasteiger partial charge in [0.15, 0.2) is 0 Å². The Morgan fingerprint density at radius 1 is 1.47 bits per heavy atom. The summed E-state index contributed by atoms with van der Waals surface area (Å²) < 4.78 is 5.39. The molecule has 0 saturated heterocycles. The van der Waals surface area contributed by atoms with Gasteiger partial charge in [-0.3, -0.25) is 0 Å². The van der Waals surface area contributed by atoms with Crippen molar-refractivity contribution in [1.29, 1.82) is 0 Å². The minimum absolute atomic E-state index is 0.984. The van der Waals surface area contributed by atoms with E-state index >= 15 is 0 Å². The molecule has 0 spiro atoms. The second kappa shape index (κ2) is 5.64. The molecule has 2 heteroatoms. The van der Waals surface area contributed by atoms with E-state index in [1.165, 1.54) is 5.70 Å². The molecule has 0 aromatic heterocycles. The fourth-order valence-electron chi connectivity index (χ4n) is 1.81. The summed E-state index contributed by atoms with van der Waals surface area (Å²) in [6.07, 6.45) is 7.67. The molecule has 0 atom stereocenters. The van der Waals surface area contributed by atoms with Crippen molar-refractivity contribution in [1.82, 2.24) is 4.90 Å². The van der Waals surface area contributed by atoms with Crippen molar-refractivity contribution in [3.05, 3.63) is 35.9 Å². The van der Waals surface area contributed by atoms with Gasteiger partial charge in [0.1, 0.15) is 5.76 Å². The molecule has 0 unspecified atom stereocenters. The van der Waals surface area contributed by atoms with Crippen LogP contribution in [0.3, 0.4) is 0 Å². The smallest absolute Gasteiger partial charge is 0.138 e. The summed E-state index contributed by atoms with van der Waals surface area (Å²) in [6.45, 7) is 9.24. The highest BCUT2D eigenvalue weighted by atomic mass is 16.5. The Balaban J connectivity index is 2.86. The number of methoxy groups -OCH3 is 1. The van der Waals surface area contributed by atoms with Gasteiger partial charge in [0.05, 0.1) is 12.8 Å². The van der Waals surface area contributed by atoms with Gasteiger partial charge in [-0.25, -0.2) is 0 Å². The molecule has 0 heterocycles. The molecule has 0 saturated carbocycles. The summed E-state index contributed by atoms with van der Waals surface area (Å²) in [7, 11) is 1.73. The Labute approximate surface area is 92.9 Å². The van der Waals surface area contributed by atoms with Crippen LogP contribution in [-0.4, -0.2) is 18.6 Å². The maximum atomic E-state index is 5.39. The van der Waals surface area contributed by atoms with E-state index in [4.69, 9.17) is 4.74 Å². The topological polar surface area (TPSA) is 12.5 Å². The van der Waals surface area contributed by atoms with Gasteiger partial charge in [-0.2, -0.15) is 0 Å². The Hall–Kier alpha value is -1.18. The van der Waals surface area contributed by atoms with Crippen LogP contribution in [0.2, 0.25) is 0 Å². The van der Waals surface area contributed by atoms with E-state index in [1.54, 1.807) is 7.11 Å². The summed E-state index contributed by atoms with van der Waals surface area (Å²) in [5.74, 6) is 0.984. The van der Waals surface area contributed by atoms with Crippen LogP contribution in [0.15, 0.2) is 35.9 Å². The van der Waals surface area contributed by atoms with Crippen molar-refractivity contribution in [2.75, 3.05) is 13.7 Å². The third-order valence-electron chi connectivity index (χ3n) is 2.51. The Bertz CT molecular complexity index is 289. The molecular weight excluding hydrogens is 186 g/mol. The van der Waals surface area contributed by atoms with Crippen molar-refractivity contribution >= 4 is 0 Å². The molecule has 0 aromatic rings. The van der Waals surface area contributed by atoms with Crippen molar-refractivity contribution < 1.29 is 4.74 Å². The van der Waals surface area contributed by atoms with Crippen molar-refractivity contribution in [2.45, 2.75) is 33.1 Å². The van der Waals surface area contributed by atoms with Gasteiger partial charge in [0, 0.05) is 12.2 Å². The average molecular weight is 207 g/mol. The van der Waals surface area contributed by atoms with Gasteiger partial charge in [-0.05, 0) is 32.3 Å². The number of ether oxygens (including phenoxy) is 1. The van der Waals surface area contributed by atoms with Crippen molar-refractivity contribution in [2.24, 2.45) is 0 Å². The highest BCUT2D eigenvalue weighted by molar-refractivity contribution is 5.30. The molecule has 0 N–H and O–H groups in total. The van der Waals surface area contributed by atoms with Crippen LogP contribution in [0.1, 0.15) is 33.1 Å². The normalized spacial score (nSPS) is 15.4. The molecule has 0 aliphatic heterocycles. The van der Waals surface area contributed by atoms with Gasteiger partial charge in [0.2, 0.25) is 0 Å². The van der Waals surface area contributed by atoms with Gasteiger partial charge in [-0.15, -0.1) is 0 Å². The quantitative estimate of drug-likeness (QED) is 0.684. The predicted molar refractivity (Wildman–Crippen MR) is 64.2 cm³/mol. The lowest BCUT2D eigenvalue weighted by molar-refractivity contribution is 0.267. The van der Waals surface area contributed by atoms with Crippen LogP contribution in [-0.2, 0) is 4.74 Å². The molecule has 1 aliphatic carbocycles. The van der Waals surface area contributed by atoms with E-state index in [2.05, 4.69) is 30.6 Å². The van der Waals surface area contributed by atoms with Gasteiger partial charge < -0.3 is 9.64 Å². The van der Waals surface area contributed by atoms with E-state index in [9.17, 15) is 0 Å². The molecule has 0 amide bonds. The molecule has 84 valence electrons. The number of allylic oxidation sites excluding steroid dienone is 3. The number of hydrogen-bond donors (Lipinski definition) is 0. The third kappa shape index (κ3) is 2.88. The molecule has 0 aromatic carbocycles. The van der Waals surface area contributed by atoms with Crippen LogP contribution < -0.4 is 0 Å². The Morgan fingerprint density at radius 3 is 2.67 bits per heavy atom. The summed E-state index contributed by atoms with van der Waals surface area (Å²) in [5.41, 5.74) is 2.26. The fraction of sp³-hybridized carbons (Fsp3) is 0.538. The molecule has 2 nitrogen and oxygen atoms in total. The molecular formula is C13H21NO. The zero-order valence-corrected chi connectivity index (χ0v) is 10.0. The van der Waals surface area contributed by atoms with Crippen LogP contribution in [0.25, 0.3) is 0 Å². The lowest BCUT2D eigenvalue weighted by atomic mass is 10.1. The van der Waals surface area contributed by atoms with Gasteiger partial charge in [0.25, 0.3) is 0 Å². The van der Waals surface area contributed by atoms with Crippen LogP contribution >= 0.6 is 0 Å². The van der Waals surface area contributed by atoms with E-state index < -0.39 is 0 Å². The maximum Gasteiger partial charge on any atom is 0.138 e. The van der Waals surface area contributed by atoms with Crippen LogP contribution in [0.5, 0.6) is 0 Å². The zero-order valence-electron chi connectivity index (χ0n) is 10.0. The molecule has 1 rings (SSSR count). The van der Waals surface area contributed by atoms with E-state index in [1.807, 2.05) is 6.92 Å². The number of nitrogens with zero attached hydrogens (tertiary/aromatic N) is 1. The van der Waals surface area contributed by atoms with Crippen molar-refractivity contribution in [3.63, 3.8) is 0 Å². The van der Waals surface area contributed by atoms with E-state index in [0.717, 1.165) is 37.3 Å². The SMILES string of the molecule is C=C(C)N(CCC)C1=CCCC=C1OC. The largest absolute Gasteiger partial charge is 0.495 e. The summed E-state index contributed by atoms with van der Waals surface area (Å²) in [4.78, 5) is 2.23. The first kappa shape index (κ1) is 11.9. The lowest BCUT2D eigenvalue weighted by Crippen LogP contribution is -2.24. The van der Waals surface area contributed by atoms with E-state index in [0.29, 0.717) is 0 Å². The first-order valence-electron chi connectivity index (χ1n) is 5.58. The molecule has 0 radical (unpaired) electrons. The third-order valence-corrected chi connectivity index (χ3v) is 2.51. The number of hydrogen-bond acceptors (Lipinski definition) is 2. The second-order valence-corrected chi connectivity index (χ2v) is 3.83. The van der Waals surface area contributed by atoms with Gasteiger partial charge in [-0.1, -0.05) is 19.6 Å². The maximum absolute atomic E-state index is 5.39. The Morgan fingerprint density at radius 2 is 2.13 bits per heavy atom. The predicted octanol–water partition coefficient (Wildman–Crippen LogP) is 3.44. The fourth-order valence-corrected chi connectivity index (χ4v) is 1.81. The Kier molecular flexibility index (Phi) is 4.47. The minimum Gasteiger partial charge on any atom is -0.495 e. The van der Waals surface area contributed by atoms with Gasteiger partial charge >= 0.3 is 0 Å². The van der Waals surface area contributed by atoms with Crippen molar-refractivity contribution in [3.8, 4) is 0 Å². The zero-order chi connectivity index (χ0) is 11.3. The molecule has 0 bridgehead atoms. The van der Waals surface area contributed by atoms with Crippen LogP contribution in [0, 0.1) is 0 Å². The lowest BCUT2D eigenvalue weighted by Gasteiger charge is -2.29. The van der Waals surface area contributed by atoms with Crippen LogP contribution in [0.4, 0.5) is 0 Å². The number of rotatable bonds is 5. The summed E-state index contributed by atoms with van der Waals surface area (Å²) in [6, 6.07) is 0. The second-order valence-electron chi connectivity index (χ2n) is 3.83. The highest BCUT2D eigenvalue weighted by Gasteiger charge is 2.16. The first-order chi connectivity index (χ1) is 7.20. The monoisotopic (exact) mass is 207 g/mol. The summed E-state index contributed by atoms with van der Waals surface area (Å²) in [5, 5.41) is 0. The molecule has 1 aliphatic rings. The molecule has 0 fully saturated rings. The standard InChI is InChI=1S/C13H21NO/c1-5-10-14(11(2)3)12-8-6-7-9-13(12)15-4/h8-9H,2,5-7,10H2,1,3-4H3. The average Bonchev–Trinajstić information content (AvgIpc) is 2.25. The highest BCUT2D eigenvalue weighted by Crippen LogP contribution is 2.25. The molecule has 15 heavy (non-hydrogen) atoms. The minimum atomic E-state index is 0.984.